The zero-order valence-electron chi connectivity index (χ0n) is 10.4. The maximum atomic E-state index is 12.2. The summed E-state index contributed by atoms with van der Waals surface area (Å²) in [5, 5.41) is 6.09. The molecule has 0 aromatic rings. The van der Waals surface area contributed by atoms with E-state index in [0.717, 1.165) is 39.0 Å². The fraction of sp³-hybridized carbons (Fsp3) is 0.833. The van der Waals surface area contributed by atoms with Gasteiger partial charge in [0.25, 0.3) is 5.24 Å². The van der Waals surface area contributed by atoms with Gasteiger partial charge in [-0.3, -0.25) is 9.59 Å². The molecule has 0 radical (unpaired) electrons. The standard InChI is InChI=1S/C12H19N3O2S/c16-10(9-7-18-11(17)14-9)15-5-2-12(3-6-15)1-4-13-8-12/h9,13H,1-8H2,(H,14,17)/t9-/m0/s1. The molecule has 0 aromatic carbocycles. The summed E-state index contributed by atoms with van der Waals surface area (Å²) in [6.45, 7) is 3.91. The molecule has 6 heteroatoms. The van der Waals surface area contributed by atoms with Crippen LogP contribution in [0.5, 0.6) is 0 Å². The average molecular weight is 269 g/mol. The van der Waals surface area contributed by atoms with Crippen LogP contribution in [0.4, 0.5) is 4.79 Å². The Balaban J connectivity index is 1.56. The number of likely N-dealkylation sites (tertiary alicyclic amines) is 1. The zero-order chi connectivity index (χ0) is 12.6. The summed E-state index contributed by atoms with van der Waals surface area (Å²) in [5.41, 5.74) is 0.435. The van der Waals surface area contributed by atoms with Gasteiger partial charge in [0.05, 0.1) is 0 Å². The number of hydrogen-bond donors (Lipinski definition) is 2. The van der Waals surface area contributed by atoms with Crippen LogP contribution in [0.1, 0.15) is 19.3 Å². The highest BCUT2D eigenvalue weighted by molar-refractivity contribution is 8.14. The Hall–Kier alpha value is -0.750. The summed E-state index contributed by atoms with van der Waals surface area (Å²) < 4.78 is 0. The first-order valence-electron chi connectivity index (χ1n) is 6.61. The minimum Gasteiger partial charge on any atom is -0.341 e. The number of rotatable bonds is 1. The van der Waals surface area contributed by atoms with Crippen molar-refractivity contribution in [1.82, 2.24) is 15.5 Å². The third kappa shape index (κ3) is 2.23. The molecule has 100 valence electrons. The first-order valence-corrected chi connectivity index (χ1v) is 7.60. The number of nitrogens with one attached hydrogen (secondary N) is 2. The lowest BCUT2D eigenvalue weighted by Gasteiger charge is -2.39. The van der Waals surface area contributed by atoms with Gasteiger partial charge in [-0.25, -0.2) is 0 Å². The van der Waals surface area contributed by atoms with Crippen molar-refractivity contribution < 1.29 is 9.59 Å². The van der Waals surface area contributed by atoms with E-state index in [1.54, 1.807) is 0 Å². The van der Waals surface area contributed by atoms with Crippen LogP contribution in [0.15, 0.2) is 0 Å². The normalized spacial score (nSPS) is 30.8. The Labute approximate surface area is 111 Å². The van der Waals surface area contributed by atoms with Crippen LogP contribution in [-0.4, -0.2) is 54.0 Å². The molecule has 2 N–H and O–H groups in total. The van der Waals surface area contributed by atoms with E-state index in [9.17, 15) is 9.59 Å². The van der Waals surface area contributed by atoms with Crippen molar-refractivity contribution >= 4 is 22.9 Å². The van der Waals surface area contributed by atoms with Crippen LogP contribution in [0.25, 0.3) is 0 Å². The van der Waals surface area contributed by atoms with Gasteiger partial charge in [-0.1, -0.05) is 11.8 Å². The minimum atomic E-state index is -0.293. The maximum absolute atomic E-state index is 12.2. The Morgan fingerprint density at radius 3 is 2.67 bits per heavy atom. The summed E-state index contributed by atoms with van der Waals surface area (Å²) in [6, 6.07) is -0.293. The van der Waals surface area contributed by atoms with E-state index in [1.807, 2.05) is 4.90 Å². The fourth-order valence-electron chi connectivity index (χ4n) is 3.16. The lowest BCUT2D eigenvalue weighted by Crippen LogP contribution is -2.50. The first-order chi connectivity index (χ1) is 8.69. The molecule has 3 rings (SSSR count). The quantitative estimate of drug-likeness (QED) is 0.724. The Morgan fingerprint density at radius 2 is 2.11 bits per heavy atom. The molecular weight excluding hydrogens is 250 g/mol. The highest BCUT2D eigenvalue weighted by atomic mass is 32.2. The van der Waals surface area contributed by atoms with E-state index >= 15 is 0 Å². The van der Waals surface area contributed by atoms with Gasteiger partial charge >= 0.3 is 0 Å². The van der Waals surface area contributed by atoms with Crippen molar-refractivity contribution in [1.29, 1.82) is 0 Å². The van der Waals surface area contributed by atoms with E-state index in [1.165, 1.54) is 18.2 Å². The Morgan fingerprint density at radius 1 is 1.33 bits per heavy atom. The summed E-state index contributed by atoms with van der Waals surface area (Å²) in [5.74, 6) is 0.690. The second-order valence-electron chi connectivity index (χ2n) is 5.55. The number of piperidine rings is 1. The monoisotopic (exact) mass is 269 g/mol. The molecule has 0 unspecified atom stereocenters. The molecule has 0 bridgehead atoms. The molecule has 1 spiro atoms. The van der Waals surface area contributed by atoms with Crippen molar-refractivity contribution in [3.05, 3.63) is 0 Å². The second kappa shape index (κ2) is 4.74. The summed E-state index contributed by atoms with van der Waals surface area (Å²) >= 11 is 1.21. The molecule has 3 aliphatic rings. The van der Waals surface area contributed by atoms with E-state index in [-0.39, 0.29) is 17.2 Å². The van der Waals surface area contributed by atoms with E-state index in [2.05, 4.69) is 10.6 Å². The van der Waals surface area contributed by atoms with E-state index < -0.39 is 0 Å². The molecule has 0 aliphatic carbocycles. The predicted octanol–water partition coefficient (Wildman–Crippen LogP) is 0.413. The molecule has 3 fully saturated rings. The number of hydrogen-bond acceptors (Lipinski definition) is 4. The number of carbonyl (C=O) groups is 2. The highest BCUT2D eigenvalue weighted by Crippen LogP contribution is 2.37. The minimum absolute atomic E-state index is 0.0678. The second-order valence-corrected chi connectivity index (χ2v) is 6.54. The third-order valence-electron chi connectivity index (χ3n) is 4.44. The lowest BCUT2D eigenvalue weighted by molar-refractivity contribution is -0.134. The molecule has 0 aromatic heterocycles. The number of carbonyl (C=O) groups excluding carboxylic acids is 2. The number of nitrogens with zero attached hydrogens (tertiary/aromatic N) is 1. The van der Waals surface area contributed by atoms with Gasteiger partial charge in [-0.15, -0.1) is 0 Å². The Kier molecular flexibility index (Phi) is 3.23. The van der Waals surface area contributed by atoms with E-state index in [4.69, 9.17) is 0 Å². The van der Waals surface area contributed by atoms with Crippen LogP contribution < -0.4 is 10.6 Å². The fourth-order valence-corrected chi connectivity index (χ4v) is 3.93. The van der Waals surface area contributed by atoms with Gasteiger partial charge in [0.2, 0.25) is 5.91 Å². The molecule has 3 saturated heterocycles. The first kappa shape index (κ1) is 12.3. The maximum Gasteiger partial charge on any atom is 0.279 e. The summed E-state index contributed by atoms with van der Waals surface area (Å²) in [4.78, 5) is 25.3. The Bertz CT molecular complexity index is 358. The summed E-state index contributed by atoms with van der Waals surface area (Å²) in [6.07, 6.45) is 3.43. The number of thioether (sulfide) groups is 1. The van der Waals surface area contributed by atoms with Crippen LogP contribution >= 0.6 is 11.8 Å². The van der Waals surface area contributed by atoms with Gasteiger partial charge in [0, 0.05) is 25.4 Å². The molecule has 2 amide bonds. The van der Waals surface area contributed by atoms with Crippen LogP contribution in [0.3, 0.4) is 0 Å². The third-order valence-corrected chi connectivity index (χ3v) is 5.32. The van der Waals surface area contributed by atoms with Gasteiger partial charge in [-0.05, 0) is 31.2 Å². The largest absolute Gasteiger partial charge is 0.341 e. The van der Waals surface area contributed by atoms with Crippen LogP contribution in [0.2, 0.25) is 0 Å². The molecule has 3 aliphatic heterocycles. The molecule has 18 heavy (non-hydrogen) atoms. The smallest absolute Gasteiger partial charge is 0.279 e. The molecule has 3 heterocycles. The van der Waals surface area contributed by atoms with Gasteiger partial charge in [0.1, 0.15) is 6.04 Å². The molecule has 1 atom stereocenters. The van der Waals surface area contributed by atoms with Crippen molar-refractivity contribution in [3.8, 4) is 0 Å². The van der Waals surface area contributed by atoms with Crippen LogP contribution in [-0.2, 0) is 4.79 Å². The van der Waals surface area contributed by atoms with Gasteiger partial charge in [0.15, 0.2) is 0 Å². The molecule has 0 saturated carbocycles. The van der Waals surface area contributed by atoms with Crippen molar-refractivity contribution in [2.24, 2.45) is 5.41 Å². The average Bonchev–Trinajstić information content (AvgIpc) is 3.00. The summed E-state index contributed by atoms with van der Waals surface area (Å²) in [7, 11) is 0. The van der Waals surface area contributed by atoms with E-state index in [0.29, 0.717) is 11.2 Å². The van der Waals surface area contributed by atoms with Crippen molar-refractivity contribution in [3.63, 3.8) is 0 Å². The SMILES string of the molecule is O=C1N[C@H](C(=O)N2CCC3(CCNC3)CC2)CS1. The molecular formula is C12H19N3O2S. The predicted molar refractivity (Wildman–Crippen MR) is 70.5 cm³/mol. The highest BCUT2D eigenvalue weighted by Gasteiger charge is 2.40. The topological polar surface area (TPSA) is 61.4 Å². The molecule has 5 nitrogen and oxygen atoms in total. The van der Waals surface area contributed by atoms with Crippen LogP contribution in [0, 0.1) is 5.41 Å². The zero-order valence-corrected chi connectivity index (χ0v) is 11.2. The van der Waals surface area contributed by atoms with Gasteiger partial charge < -0.3 is 15.5 Å². The van der Waals surface area contributed by atoms with Crippen molar-refractivity contribution in [2.45, 2.75) is 25.3 Å². The number of amides is 2. The lowest BCUT2D eigenvalue weighted by atomic mass is 9.78. The van der Waals surface area contributed by atoms with Gasteiger partial charge in [-0.2, -0.15) is 0 Å². The van der Waals surface area contributed by atoms with Crippen molar-refractivity contribution in [2.75, 3.05) is 31.9 Å².